The average Bonchev–Trinajstić information content (AvgIpc) is 2.70. The van der Waals surface area contributed by atoms with Gasteiger partial charge in [0, 0.05) is 25.7 Å². The molecule has 7 heteroatoms. The second kappa shape index (κ2) is 6.33. The maximum absolute atomic E-state index is 12.0. The molecule has 0 bridgehead atoms. The van der Waals surface area contributed by atoms with Crippen molar-refractivity contribution < 1.29 is 8.42 Å². The van der Waals surface area contributed by atoms with Crippen LogP contribution < -0.4 is 10.0 Å². The van der Waals surface area contributed by atoms with Crippen molar-refractivity contribution in [3.05, 3.63) is 0 Å². The van der Waals surface area contributed by atoms with Gasteiger partial charge in [-0.2, -0.15) is 17.4 Å². The van der Waals surface area contributed by atoms with E-state index < -0.39 is 10.2 Å². The van der Waals surface area contributed by atoms with Crippen molar-refractivity contribution >= 4 is 22.6 Å². The van der Waals surface area contributed by atoms with Crippen molar-refractivity contribution in [2.24, 2.45) is 5.92 Å². The summed E-state index contributed by atoms with van der Waals surface area (Å²) in [6, 6.07) is 0.0735. The van der Waals surface area contributed by atoms with Gasteiger partial charge in [-0.05, 0) is 31.7 Å². The van der Waals surface area contributed by atoms with E-state index in [1.807, 2.05) is 0 Å². The molecule has 2 saturated heterocycles. The molecule has 0 amide bonds. The Morgan fingerprint density at radius 1 is 1.24 bits per heavy atom. The molecule has 102 valence electrons. The Balaban J connectivity index is 0.00000144. The normalized spacial score (nSPS) is 27.9. The van der Waals surface area contributed by atoms with E-state index in [0.29, 0.717) is 19.0 Å². The van der Waals surface area contributed by atoms with Crippen molar-refractivity contribution in [2.75, 3.05) is 26.2 Å². The van der Waals surface area contributed by atoms with Crippen LogP contribution in [0.15, 0.2) is 0 Å². The Kier molecular flexibility index (Phi) is 5.66. The molecule has 2 aliphatic rings. The molecule has 2 N–H and O–H groups in total. The fourth-order valence-electron chi connectivity index (χ4n) is 2.27. The second-order valence-electron chi connectivity index (χ2n) is 4.89. The smallest absolute Gasteiger partial charge is 0.279 e. The van der Waals surface area contributed by atoms with Crippen LogP contribution in [0.1, 0.15) is 26.2 Å². The minimum atomic E-state index is -3.25. The van der Waals surface area contributed by atoms with Gasteiger partial charge in [0.25, 0.3) is 10.2 Å². The van der Waals surface area contributed by atoms with Crippen LogP contribution >= 0.6 is 12.4 Å². The fourth-order valence-corrected chi connectivity index (χ4v) is 3.73. The van der Waals surface area contributed by atoms with Crippen LogP contribution in [0.25, 0.3) is 0 Å². The monoisotopic (exact) mass is 283 g/mol. The van der Waals surface area contributed by atoms with E-state index in [2.05, 4.69) is 17.0 Å². The first-order valence-corrected chi connectivity index (χ1v) is 7.50. The van der Waals surface area contributed by atoms with Gasteiger partial charge >= 0.3 is 0 Å². The highest BCUT2D eigenvalue weighted by Crippen LogP contribution is 2.18. The lowest BCUT2D eigenvalue weighted by Crippen LogP contribution is -2.48. The zero-order chi connectivity index (χ0) is 11.6. The molecule has 17 heavy (non-hydrogen) atoms. The summed E-state index contributed by atoms with van der Waals surface area (Å²) in [5.41, 5.74) is 0. The van der Waals surface area contributed by atoms with Gasteiger partial charge in [-0.25, -0.2) is 0 Å². The van der Waals surface area contributed by atoms with Gasteiger partial charge in [-0.15, -0.1) is 12.4 Å². The third kappa shape index (κ3) is 4.06. The van der Waals surface area contributed by atoms with Crippen LogP contribution in [0.5, 0.6) is 0 Å². The molecule has 0 spiro atoms. The average molecular weight is 284 g/mol. The summed E-state index contributed by atoms with van der Waals surface area (Å²) >= 11 is 0. The van der Waals surface area contributed by atoms with Gasteiger partial charge in [0.05, 0.1) is 0 Å². The summed E-state index contributed by atoms with van der Waals surface area (Å²) in [6.45, 7) is 5.17. The quantitative estimate of drug-likeness (QED) is 0.785. The third-order valence-corrected chi connectivity index (χ3v) is 5.13. The van der Waals surface area contributed by atoms with Gasteiger partial charge in [-0.1, -0.05) is 6.92 Å². The molecule has 0 radical (unpaired) electrons. The highest BCUT2D eigenvalue weighted by molar-refractivity contribution is 7.87. The van der Waals surface area contributed by atoms with E-state index in [4.69, 9.17) is 0 Å². The van der Waals surface area contributed by atoms with Crippen molar-refractivity contribution in [3.63, 3.8) is 0 Å². The molecule has 0 saturated carbocycles. The van der Waals surface area contributed by atoms with Gasteiger partial charge in [0.2, 0.25) is 0 Å². The molecule has 1 atom stereocenters. The molecule has 5 nitrogen and oxygen atoms in total. The molecule has 0 aliphatic carbocycles. The maximum atomic E-state index is 12.0. The van der Waals surface area contributed by atoms with Crippen LogP contribution in [-0.4, -0.2) is 44.9 Å². The standard InChI is InChI=1S/C10H21N3O2S.ClH/c1-9-3-6-13(7-4-9)16(14,15)12-10-2-5-11-8-10;/h9-12H,2-8H2,1H3;1H. The Morgan fingerprint density at radius 2 is 1.88 bits per heavy atom. The van der Waals surface area contributed by atoms with Crippen LogP contribution in [0.3, 0.4) is 0 Å². The van der Waals surface area contributed by atoms with Gasteiger partial charge in [0.1, 0.15) is 0 Å². The Morgan fingerprint density at radius 3 is 2.41 bits per heavy atom. The first kappa shape index (κ1) is 15.2. The Bertz CT molecular complexity index is 322. The van der Waals surface area contributed by atoms with E-state index in [1.165, 1.54) is 0 Å². The van der Waals surface area contributed by atoms with Gasteiger partial charge in [0.15, 0.2) is 0 Å². The minimum absolute atomic E-state index is 0. The third-order valence-electron chi connectivity index (χ3n) is 3.46. The van der Waals surface area contributed by atoms with Crippen LogP contribution in [-0.2, 0) is 10.2 Å². The van der Waals surface area contributed by atoms with E-state index in [9.17, 15) is 8.42 Å². The van der Waals surface area contributed by atoms with Gasteiger partial charge in [-0.3, -0.25) is 0 Å². The minimum Gasteiger partial charge on any atom is -0.315 e. The highest BCUT2D eigenvalue weighted by Gasteiger charge is 2.29. The van der Waals surface area contributed by atoms with Crippen molar-refractivity contribution in [1.29, 1.82) is 0 Å². The predicted octanol–water partition coefficient (Wildman–Crippen LogP) is 0.336. The highest BCUT2D eigenvalue weighted by atomic mass is 35.5. The van der Waals surface area contributed by atoms with E-state index in [0.717, 1.165) is 32.4 Å². The first-order valence-electron chi connectivity index (χ1n) is 6.06. The largest absolute Gasteiger partial charge is 0.315 e. The fraction of sp³-hybridized carbons (Fsp3) is 1.00. The Hall–Kier alpha value is 0.120. The van der Waals surface area contributed by atoms with E-state index >= 15 is 0 Å². The Labute approximate surface area is 110 Å². The summed E-state index contributed by atoms with van der Waals surface area (Å²) in [6.07, 6.45) is 2.84. The first-order chi connectivity index (χ1) is 7.58. The molecule has 2 fully saturated rings. The van der Waals surface area contributed by atoms with E-state index in [-0.39, 0.29) is 18.4 Å². The topological polar surface area (TPSA) is 61.4 Å². The molecular weight excluding hydrogens is 262 g/mol. The number of piperidine rings is 1. The molecule has 2 rings (SSSR count). The van der Waals surface area contributed by atoms with Crippen LogP contribution in [0.4, 0.5) is 0 Å². The van der Waals surface area contributed by atoms with Crippen LogP contribution in [0, 0.1) is 5.92 Å². The number of halogens is 1. The number of hydrogen-bond donors (Lipinski definition) is 2. The van der Waals surface area contributed by atoms with Crippen molar-refractivity contribution in [3.8, 4) is 0 Å². The molecular formula is C10H22ClN3O2S. The summed E-state index contributed by atoms with van der Waals surface area (Å²) < 4.78 is 28.4. The molecule has 2 aliphatic heterocycles. The lowest BCUT2D eigenvalue weighted by Gasteiger charge is -2.30. The number of rotatable bonds is 3. The number of nitrogens with one attached hydrogen (secondary N) is 2. The zero-order valence-electron chi connectivity index (χ0n) is 10.2. The number of nitrogens with zero attached hydrogens (tertiary/aromatic N) is 1. The molecule has 1 unspecified atom stereocenters. The summed E-state index contributed by atoms with van der Waals surface area (Å²) in [7, 11) is -3.25. The van der Waals surface area contributed by atoms with Gasteiger partial charge < -0.3 is 5.32 Å². The summed E-state index contributed by atoms with van der Waals surface area (Å²) in [4.78, 5) is 0. The van der Waals surface area contributed by atoms with Crippen molar-refractivity contribution in [2.45, 2.75) is 32.2 Å². The zero-order valence-corrected chi connectivity index (χ0v) is 11.8. The summed E-state index contributed by atoms with van der Waals surface area (Å²) in [5.74, 6) is 0.652. The summed E-state index contributed by atoms with van der Waals surface area (Å²) in [5, 5.41) is 3.16. The van der Waals surface area contributed by atoms with Crippen LogP contribution in [0.2, 0.25) is 0 Å². The maximum Gasteiger partial charge on any atom is 0.279 e. The second-order valence-corrected chi connectivity index (χ2v) is 6.60. The molecule has 0 aromatic carbocycles. The lowest BCUT2D eigenvalue weighted by molar-refractivity contribution is 0.283. The van der Waals surface area contributed by atoms with Crippen molar-refractivity contribution in [1.82, 2.24) is 14.3 Å². The van der Waals surface area contributed by atoms with E-state index in [1.54, 1.807) is 4.31 Å². The molecule has 0 aromatic rings. The molecule has 2 heterocycles. The lowest BCUT2D eigenvalue weighted by atomic mass is 10.0. The SMILES string of the molecule is CC1CCN(S(=O)(=O)NC2CCNC2)CC1.Cl. The molecule has 0 aromatic heterocycles. The number of hydrogen-bond acceptors (Lipinski definition) is 3. The predicted molar refractivity (Wildman–Crippen MR) is 70.5 cm³/mol.